The number of ether oxygens (including phenoxy) is 2. The maximum atomic E-state index is 11.8. The second-order valence-electron chi connectivity index (χ2n) is 6.44. The van der Waals surface area contributed by atoms with Gasteiger partial charge in [-0.1, -0.05) is 12.1 Å². The second-order valence-corrected chi connectivity index (χ2v) is 6.44. The molecule has 8 heteroatoms. The van der Waals surface area contributed by atoms with Gasteiger partial charge in [-0.25, -0.2) is 9.78 Å². The van der Waals surface area contributed by atoms with Gasteiger partial charge in [0.1, 0.15) is 11.6 Å². The van der Waals surface area contributed by atoms with Crippen LogP contribution >= 0.6 is 0 Å². The van der Waals surface area contributed by atoms with Crippen LogP contribution < -0.4 is 15.0 Å². The number of aromatic nitrogens is 2. The Hall–Kier alpha value is -3.03. The fourth-order valence-corrected chi connectivity index (χ4v) is 3.05. The highest BCUT2D eigenvalue weighted by Gasteiger charge is 2.22. The number of nitrogens with zero attached hydrogens (tertiary/aromatic N) is 4. The molecule has 1 aliphatic rings. The normalized spacial score (nSPS) is 13.9. The lowest BCUT2D eigenvalue weighted by Crippen LogP contribution is -2.49. The van der Waals surface area contributed by atoms with Crippen molar-refractivity contribution in [2.24, 2.45) is 0 Å². The van der Waals surface area contributed by atoms with E-state index in [0.717, 1.165) is 37.6 Å². The number of nitrogens with one attached hydrogen (secondary N) is 1. The molecule has 2 heterocycles. The third-order valence-electron chi connectivity index (χ3n) is 4.63. The maximum Gasteiger partial charge on any atom is 0.409 e. The number of piperazine rings is 1. The zero-order chi connectivity index (χ0) is 19.8. The minimum absolute atomic E-state index is 0.245. The molecule has 0 unspecified atom stereocenters. The minimum Gasteiger partial charge on any atom is -0.497 e. The lowest BCUT2D eigenvalue weighted by Gasteiger charge is -2.34. The zero-order valence-corrected chi connectivity index (χ0v) is 16.4. The molecule has 0 atom stereocenters. The van der Waals surface area contributed by atoms with E-state index in [1.807, 2.05) is 25.1 Å². The fourth-order valence-electron chi connectivity index (χ4n) is 3.05. The summed E-state index contributed by atoms with van der Waals surface area (Å²) in [5.41, 5.74) is 1.22. The van der Waals surface area contributed by atoms with Gasteiger partial charge in [0.05, 0.1) is 13.7 Å². The Bertz CT molecular complexity index is 761. The molecule has 0 saturated carbocycles. The summed E-state index contributed by atoms with van der Waals surface area (Å²) < 4.78 is 10.2. The van der Waals surface area contributed by atoms with Crippen molar-refractivity contribution in [3.05, 3.63) is 42.1 Å². The van der Waals surface area contributed by atoms with Crippen molar-refractivity contribution in [3.8, 4) is 5.75 Å². The maximum absolute atomic E-state index is 11.8. The third kappa shape index (κ3) is 5.25. The van der Waals surface area contributed by atoms with Crippen LogP contribution in [0.2, 0.25) is 0 Å². The molecule has 0 bridgehead atoms. The summed E-state index contributed by atoms with van der Waals surface area (Å²) >= 11 is 0. The van der Waals surface area contributed by atoms with Gasteiger partial charge in [0.15, 0.2) is 0 Å². The standard InChI is InChI=1S/C20H27N5O3/c1-3-28-20(26)25-14-12-24(13-15-25)18-9-11-22-19(23-18)21-10-8-16-4-6-17(27-2)7-5-16/h4-7,9,11H,3,8,10,12-15H2,1-2H3,(H,21,22,23). The highest BCUT2D eigenvalue weighted by Crippen LogP contribution is 2.16. The highest BCUT2D eigenvalue weighted by molar-refractivity contribution is 5.68. The second kappa shape index (κ2) is 9.77. The summed E-state index contributed by atoms with van der Waals surface area (Å²) in [6, 6.07) is 9.93. The molecule has 1 aromatic carbocycles. The molecular formula is C20H27N5O3. The van der Waals surface area contributed by atoms with Crippen molar-refractivity contribution >= 4 is 17.9 Å². The number of hydrogen-bond donors (Lipinski definition) is 1. The predicted octanol–water partition coefficient (Wildman–Crippen LogP) is 2.42. The van der Waals surface area contributed by atoms with Gasteiger partial charge in [-0.3, -0.25) is 0 Å². The quantitative estimate of drug-likeness (QED) is 0.784. The van der Waals surface area contributed by atoms with Crippen LogP contribution in [0.1, 0.15) is 12.5 Å². The molecule has 2 aromatic rings. The summed E-state index contributed by atoms with van der Waals surface area (Å²) in [6.45, 7) is 5.66. The Kier molecular flexibility index (Phi) is 6.89. The summed E-state index contributed by atoms with van der Waals surface area (Å²) in [7, 11) is 1.66. The van der Waals surface area contributed by atoms with Crippen molar-refractivity contribution in [1.29, 1.82) is 0 Å². The van der Waals surface area contributed by atoms with Crippen LogP contribution in [0.5, 0.6) is 5.75 Å². The van der Waals surface area contributed by atoms with Crippen molar-refractivity contribution in [3.63, 3.8) is 0 Å². The number of amides is 1. The van der Waals surface area contributed by atoms with Crippen LogP contribution in [-0.2, 0) is 11.2 Å². The van der Waals surface area contributed by atoms with Gasteiger partial charge in [-0.15, -0.1) is 0 Å². The van der Waals surface area contributed by atoms with Crippen LogP contribution in [0.3, 0.4) is 0 Å². The Balaban J connectivity index is 1.49. The van der Waals surface area contributed by atoms with E-state index >= 15 is 0 Å². The van der Waals surface area contributed by atoms with Gasteiger partial charge in [-0.05, 0) is 37.1 Å². The molecule has 8 nitrogen and oxygen atoms in total. The van der Waals surface area contributed by atoms with E-state index in [-0.39, 0.29) is 6.09 Å². The smallest absolute Gasteiger partial charge is 0.409 e. The monoisotopic (exact) mass is 385 g/mol. The SMILES string of the molecule is CCOC(=O)N1CCN(c2ccnc(NCCc3ccc(OC)cc3)n2)CC1. The van der Waals surface area contributed by atoms with Crippen molar-refractivity contribution in [2.75, 3.05) is 56.7 Å². The van der Waals surface area contributed by atoms with Gasteiger partial charge < -0.3 is 24.6 Å². The van der Waals surface area contributed by atoms with Crippen LogP contribution in [0.4, 0.5) is 16.6 Å². The average Bonchev–Trinajstić information content (AvgIpc) is 2.75. The molecule has 1 saturated heterocycles. The van der Waals surface area contributed by atoms with Crippen LogP contribution in [0, 0.1) is 0 Å². The minimum atomic E-state index is -0.245. The van der Waals surface area contributed by atoms with Crippen LogP contribution in [-0.4, -0.2) is 67.4 Å². The first-order chi connectivity index (χ1) is 13.7. The molecule has 1 amide bonds. The number of benzene rings is 1. The van der Waals surface area contributed by atoms with E-state index in [4.69, 9.17) is 9.47 Å². The molecule has 0 spiro atoms. The number of carbonyl (C=O) groups is 1. The van der Waals surface area contributed by atoms with Gasteiger partial charge in [0.2, 0.25) is 5.95 Å². The fraction of sp³-hybridized carbons (Fsp3) is 0.450. The Morgan fingerprint density at radius 1 is 1.14 bits per heavy atom. The van der Waals surface area contributed by atoms with Crippen LogP contribution in [0.15, 0.2) is 36.5 Å². The molecule has 1 aromatic heterocycles. The molecule has 1 fully saturated rings. The first-order valence-corrected chi connectivity index (χ1v) is 9.56. The topological polar surface area (TPSA) is 79.8 Å². The number of anilines is 2. The number of hydrogen-bond acceptors (Lipinski definition) is 7. The van der Waals surface area contributed by atoms with Crippen molar-refractivity contribution in [2.45, 2.75) is 13.3 Å². The summed E-state index contributed by atoms with van der Waals surface area (Å²) in [5.74, 6) is 2.33. The van der Waals surface area contributed by atoms with E-state index in [1.165, 1.54) is 5.56 Å². The summed E-state index contributed by atoms with van der Waals surface area (Å²) in [5, 5.41) is 3.28. The largest absolute Gasteiger partial charge is 0.497 e. The van der Waals surface area contributed by atoms with Gasteiger partial charge in [-0.2, -0.15) is 4.98 Å². The van der Waals surface area contributed by atoms with Gasteiger partial charge in [0.25, 0.3) is 0 Å². The molecule has 28 heavy (non-hydrogen) atoms. The van der Waals surface area contributed by atoms with E-state index in [1.54, 1.807) is 18.2 Å². The lowest BCUT2D eigenvalue weighted by atomic mass is 10.1. The Morgan fingerprint density at radius 3 is 2.57 bits per heavy atom. The predicted molar refractivity (Wildman–Crippen MR) is 108 cm³/mol. The van der Waals surface area contributed by atoms with E-state index in [9.17, 15) is 4.79 Å². The van der Waals surface area contributed by atoms with E-state index < -0.39 is 0 Å². The zero-order valence-electron chi connectivity index (χ0n) is 16.4. The van der Waals surface area contributed by atoms with Crippen molar-refractivity contribution < 1.29 is 14.3 Å². The Labute approximate surface area is 165 Å². The molecule has 150 valence electrons. The third-order valence-corrected chi connectivity index (χ3v) is 4.63. The van der Waals surface area contributed by atoms with Gasteiger partial charge >= 0.3 is 6.09 Å². The molecule has 3 rings (SSSR count). The van der Waals surface area contributed by atoms with E-state index in [2.05, 4.69) is 32.3 Å². The molecule has 1 aliphatic heterocycles. The molecular weight excluding hydrogens is 358 g/mol. The summed E-state index contributed by atoms with van der Waals surface area (Å²) in [6.07, 6.45) is 2.39. The number of rotatable bonds is 7. The number of methoxy groups -OCH3 is 1. The average molecular weight is 385 g/mol. The molecule has 0 radical (unpaired) electrons. The van der Waals surface area contributed by atoms with E-state index in [0.29, 0.717) is 25.6 Å². The molecule has 1 N–H and O–H groups in total. The first-order valence-electron chi connectivity index (χ1n) is 9.56. The van der Waals surface area contributed by atoms with Crippen molar-refractivity contribution in [1.82, 2.24) is 14.9 Å². The van der Waals surface area contributed by atoms with Gasteiger partial charge in [0, 0.05) is 38.9 Å². The number of carbonyl (C=O) groups excluding carboxylic acids is 1. The highest BCUT2D eigenvalue weighted by atomic mass is 16.6. The van der Waals surface area contributed by atoms with Crippen LogP contribution in [0.25, 0.3) is 0 Å². The first kappa shape index (κ1) is 19.7. The Morgan fingerprint density at radius 2 is 1.89 bits per heavy atom. The summed E-state index contributed by atoms with van der Waals surface area (Å²) in [4.78, 5) is 24.6. The lowest BCUT2D eigenvalue weighted by molar-refractivity contribution is 0.105. The molecule has 0 aliphatic carbocycles.